The van der Waals surface area contributed by atoms with Gasteiger partial charge < -0.3 is 10.7 Å². The first-order chi connectivity index (χ1) is 8.70. The molecule has 0 radical (unpaired) electrons. The quantitative estimate of drug-likeness (QED) is 0.794. The van der Waals surface area contributed by atoms with E-state index in [1.165, 1.54) is 44.1 Å². The maximum absolute atomic E-state index is 9.34. The fourth-order valence-electron chi connectivity index (χ4n) is 5.42. The molecular formula is C15H19N3. The largest absolute Gasteiger partial charge is 0.384 e. The average Bonchev–Trinajstić information content (AvgIpc) is 2.69. The van der Waals surface area contributed by atoms with Gasteiger partial charge in [0.2, 0.25) is 0 Å². The van der Waals surface area contributed by atoms with Crippen LogP contribution >= 0.6 is 0 Å². The number of nitriles is 1. The highest BCUT2D eigenvalue weighted by molar-refractivity contribution is 5.57. The van der Waals surface area contributed by atoms with Crippen LogP contribution in [0.4, 0.5) is 5.82 Å². The van der Waals surface area contributed by atoms with E-state index in [4.69, 9.17) is 5.73 Å². The van der Waals surface area contributed by atoms with E-state index in [9.17, 15) is 5.26 Å². The molecule has 1 aromatic heterocycles. The number of aromatic nitrogens is 1. The Kier molecular flexibility index (Phi) is 1.93. The Hall–Kier alpha value is -1.43. The van der Waals surface area contributed by atoms with Gasteiger partial charge in [0.15, 0.2) is 0 Å². The van der Waals surface area contributed by atoms with Crippen LogP contribution in [0.2, 0.25) is 0 Å². The third-order valence-electron chi connectivity index (χ3n) is 5.63. The summed E-state index contributed by atoms with van der Waals surface area (Å²) in [4.78, 5) is 3.07. The van der Waals surface area contributed by atoms with Gasteiger partial charge in [0.25, 0.3) is 0 Å². The lowest BCUT2D eigenvalue weighted by Crippen LogP contribution is -2.48. The molecule has 4 bridgehead atoms. The molecule has 4 saturated carbocycles. The zero-order valence-electron chi connectivity index (χ0n) is 10.6. The molecule has 4 fully saturated rings. The van der Waals surface area contributed by atoms with Crippen LogP contribution in [0, 0.1) is 29.1 Å². The van der Waals surface area contributed by atoms with E-state index in [0.29, 0.717) is 5.82 Å². The van der Waals surface area contributed by atoms with Crippen molar-refractivity contribution in [1.82, 2.24) is 4.98 Å². The second-order valence-corrected chi connectivity index (χ2v) is 6.80. The summed E-state index contributed by atoms with van der Waals surface area (Å²) in [5.41, 5.74) is 8.11. The number of H-pyrrole nitrogens is 1. The molecule has 0 saturated heterocycles. The number of nitrogens with two attached hydrogens (primary N) is 1. The van der Waals surface area contributed by atoms with Crippen LogP contribution in [-0.4, -0.2) is 4.98 Å². The summed E-state index contributed by atoms with van der Waals surface area (Å²) in [6.45, 7) is 0. The zero-order valence-corrected chi connectivity index (χ0v) is 10.6. The molecule has 0 spiro atoms. The van der Waals surface area contributed by atoms with Gasteiger partial charge in [-0.25, -0.2) is 0 Å². The van der Waals surface area contributed by atoms with Gasteiger partial charge in [0.05, 0.1) is 5.56 Å². The van der Waals surface area contributed by atoms with Crippen molar-refractivity contribution in [3.8, 4) is 6.07 Å². The smallest absolute Gasteiger partial charge is 0.119 e. The summed E-state index contributed by atoms with van der Waals surface area (Å²) in [7, 11) is 0. The zero-order chi connectivity index (χ0) is 12.3. The average molecular weight is 241 g/mol. The molecule has 4 aliphatic rings. The van der Waals surface area contributed by atoms with Crippen molar-refractivity contribution in [2.75, 3.05) is 5.73 Å². The van der Waals surface area contributed by atoms with E-state index in [1.807, 2.05) is 6.20 Å². The lowest BCUT2D eigenvalue weighted by molar-refractivity contribution is -0.00522. The highest BCUT2D eigenvalue weighted by atomic mass is 14.8. The molecule has 0 aliphatic heterocycles. The Bertz CT molecular complexity index is 499. The summed E-state index contributed by atoms with van der Waals surface area (Å²) in [6.07, 6.45) is 10.2. The minimum absolute atomic E-state index is 0.272. The monoisotopic (exact) mass is 241 g/mol. The second kappa shape index (κ2) is 3.32. The number of nitrogen functional groups attached to an aromatic ring is 1. The van der Waals surface area contributed by atoms with Gasteiger partial charge in [-0.05, 0) is 67.3 Å². The second-order valence-electron chi connectivity index (χ2n) is 6.80. The van der Waals surface area contributed by atoms with E-state index < -0.39 is 0 Å². The van der Waals surface area contributed by atoms with E-state index in [1.54, 1.807) is 0 Å². The third kappa shape index (κ3) is 1.24. The molecule has 0 aromatic carbocycles. The van der Waals surface area contributed by atoms with Crippen molar-refractivity contribution in [2.24, 2.45) is 17.8 Å². The molecule has 0 unspecified atom stereocenters. The SMILES string of the molecule is N#Cc1c(C23CC4CC(CC(C4)C2)C3)c[nH]c1N. The van der Waals surface area contributed by atoms with Gasteiger partial charge >= 0.3 is 0 Å². The van der Waals surface area contributed by atoms with Crippen LogP contribution in [-0.2, 0) is 5.41 Å². The van der Waals surface area contributed by atoms with E-state index in [-0.39, 0.29) is 5.41 Å². The fraction of sp³-hybridized carbons (Fsp3) is 0.667. The predicted molar refractivity (Wildman–Crippen MR) is 69.8 cm³/mol. The van der Waals surface area contributed by atoms with Crippen molar-refractivity contribution < 1.29 is 0 Å². The molecule has 0 amide bonds. The third-order valence-corrected chi connectivity index (χ3v) is 5.63. The molecule has 1 aromatic rings. The molecule has 4 aliphatic carbocycles. The van der Waals surface area contributed by atoms with Gasteiger partial charge in [-0.3, -0.25) is 0 Å². The summed E-state index contributed by atoms with van der Waals surface area (Å²) < 4.78 is 0. The fourth-order valence-corrected chi connectivity index (χ4v) is 5.42. The maximum atomic E-state index is 9.34. The topological polar surface area (TPSA) is 65.6 Å². The van der Waals surface area contributed by atoms with E-state index >= 15 is 0 Å². The van der Waals surface area contributed by atoms with Gasteiger partial charge in [0.1, 0.15) is 11.9 Å². The first-order valence-electron chi connectivity index (χ1n) is 7.07. The van der Waals surface area contributed by atoms with Crippen molar-refractivity contribution >= 4 is 5.82 Å². The first-order valence-corrected chi connectivity index (χ1v) is 7.07. The number of aromatic amines is 1. The van der Waals surface area contributed by atoms with Crippen LogP contribution in [0.3, 0.4) is 0 Å². The Labute approximate surface area is 107 Å². The Morgan fingerprint density at radius 3 is 2.22 bits per heavy atom. The molecule has 94 valence electrons. The minimum Gasteiger partial charge on any atom is -0.384 e. The highest BCUT2D eigenvalue weighted by Crippen LogP contribution is 2.61. The maximum Gasteiger partial charge on any atom is 0.119 e. The van der Waals surface area contributed by atoms with Crippen LogP contribution in [0.1, 0.15) is 49.7 Å². The molecule has 0 atom stereocenters. The lowest BCUT2D eigenvalue weighted by Gasteiger charge is -2.56. The normalized spacial score (nSPS) is 40.9. The first kappa shape index (κ1) is 10.5. The van der Waals surface area contributed by atoms with Gasteiger partial charge in [-0.2, -0.15) is 5.26 Å². The molecule has 3 heteroatoms. The van der Waals surface area contributed by atoms with Gasteiger partial charge in [-0.15, -0.1) is 0 Å². The summed E-state index contributed by atoms with van der Waals surface area (Å²) in [5, 5.41) is 9.34. The predicted octanol–water partition coefficient (Wildman–Crippen LogP) is 2.94. The number of hydrogen-bond acceptors (Lipinski definition) is 2. The van der Waals surface area contributed by atoms with Crippen LogP contribution in [0.15, 0.2) is 6.20 Å². The number of hydrogen-bond donors (Lipinski definition) is 2. The van der Waals surface area contributed by atoms with Crippen molar-refractivity contribution in [3.63, 3.8) is 0 Å². The Morgan fingerprint density at radius 1 is 1.17 bits per heavy atom. The summed E-state index contributed by atoms with van der Waals surface area (Å²) >= 11 is 0. The van der Waals surface area contributed by atoms with Crippen molar-refractivity contribution in [3.05, 3.63) is 17.3 Å². The van der Waals surface area contributed by atoms with Crippen LogP contribution in [0.5, 0.6) is 0 Å². The van der Waals surface area contributed by atoms with Crippen molar-refractivity contribution in [1.29, 1.82) is 5.26 Å². The Morgan fingerprint density at radius 2 is 1.72 bits per heavy atom. The number of rotatable bonds is 1. The van der Waals surface area contributed by atoms with Gasteiger partial charge in [-0.1, -0.05) is 0 Å². The highest BCUT2D eigenvalue weighted by Gasteiger charge is 2.52. The number of nitrogens with zero attached hydrogens (tertiary/aromatic N) is 1. The molecule has 3 N–H and O–H groups in total. The molecule has 5 rings (SSSR count). The Balaban J connectivity index is 1.82. The number of anilines is 1. The standard InChI is InChI=1S/C15H19N3/c16-7-12-13(8-18-14(12)17)15-4-9-1-10(5-15)3-11(2-9)6-15/h8-11,18H,1-6,17H2. The van der Waals surface area contributed by atoms with Crippen molar-refractivity contribution in [2.45, 2.75) is 43.9 Å². The summed E-state index contributed by atoms with van der Waals surface area (Å²) in [5.74, 6) is 3.26. The van der Waals surface area contributed by atoms with Crippen LogP contribution in [0.25, 0.3) is 0 Å². The molecule has 1 heterocycles. The summed E-state index contributed by atoms with van der Waals surface area (Å²) in [6, 6.07) is 2.31. The van der Waals surface area contributed by atoms with E-state index in [2.05, 4.69) is 11.1 Å². The number of nitrogens with one attached hydrogen (secondary N) is 1. The molecule has 3 nitrogen and oxygen atoms in total. The van der Waals surface area contributed by atoms with E-state index in [0.717, 1.165) is 23.3 Å². The van der Waals surface area contributed by atoms with Gasteiger partial charge in [0, 0.05) is 6.20 Å². The minimum atomic E-state index is 0.272. The molecule has 18 heavy (non-hydrogen) atoms. The molecular weight excluding hydrogens is 222 g/mol. The lowest BCUT2D eigenvalue weighted by atomic mass is 9.48. The van der Waals surface area contributed by atoms with Crippen LogP contribution < -0.4 is 5.73 Å².